The van der Waals surface area contributed by atoms with E-state index >= 15 is 0 Å². The molecule has 2 aromatic carbocycles. The maximum atomic E-state index is 5.37. The predicted octanol–water partition coefficient (Wildman–Crippen LogP) is 3.69. The largest absolute Gasteiger partial charge is 0.454 e. The molecule has 0 saturated carbocycles. The van der Waals surface area contributed by atoms with Crippen molar-refractivity contribution < 1.29 is 9.47 Å². The molecule has 0 amide bonds. The fourth-order valence-electron chi connectivity index (χ4n) is 2.26. The van der Waals surface area contributed by atoms with Crippen molar-refractivity contribution in [3.63, 3.8) is 0 Å². The van der Waals surface area contributed by atoms with Crippen LogP contribution in [0.25, 0.3) is 0 Å². The lowest BCUT2D eigenvalue weighted by Crippen LogP contribution is -2.00. The van der Waals surface area contributed by atoms with Gasteiger partial charge in [-0.05, 0) is 30.3 Å². The Morgan fingerprint density at radius 2 is 1.70 bits per heavy atom. The van der Waals surface area contributed by atoms with Crippen LogP contribution in [-0.4, -0.2) is 16.8 Å². The molecule has 1 aromatic heterocycles. The van der Waals surface area contributed by atoms with Crippen molar-refractivity contribution in [3.05, 3.63) is 60.8 Å². The number of fused-ring (bicyclic) bond motifs is 1. The Morgan fingerprint density at radius 1 is 0.826 bits per heavy atom. The fourth-order valence-corrected chi connectivity index (χ4v) is 2.26. The minimum Gasteiger partial charge on any atom is -0.454 e. The van der Waals surface area contributed by atoms with Crippen molar-refractivity contribution in [1.82, 2.24) is 9.97 Å². The van der Waals surface area contributed by atoms with E-state index in [4.69, 9.17) is 9.47 Å². The summed E-state index contributed by atoms with van der Waals surface area (Å²) in [7, 11) is 0. The van der Waals surface area contributed by atoms with Crippen LogP contribution in [0.4, 0.5) is 23.1 Å². The van der Waals surface area contributed by atoms with Crippen LogP contribution in [0, 0.1) is 0 Å². The molecular weight excluding hydrogens is 292 g/mol. The van der Waals surface area contributed by atoms with Crippen LogP contribution in [0.2, 0.25) is 0 Å². The summed E-state index contributed by atoms with van der Waals surface area (Å²) in [6.45, 7) is 0.261. The number of aromatic nitrogens is 2. The van der Waals surface area contributed by atoms with E-state index in [-0.39, 0.29) is 6.79 Å². The maximum Gasteiger partial charge on any atom is 0.231 e. The van der Waals surface area contributed by atoms with Crippen LogP contribution < -0.4 is 20.1 Å². The second kappa shape index (κ2) is 5.84. The summed E-state index contributed by atoms with van der Waals surface area (Å²) in [6, 6.07) is 17.3. The topological polar surface area (TPSA) is 68.3 Å². The van der Waals surface area contributed by atoms with Gasteiger partial charge in [0, 0.05) is 23.6 Å². The van der Waals surface area contributed by atoms with Gasteiger partial charge in [0.25, 0.3) is 0 Å². The Balaban J connectivity index is 1.52. The van der Waals surface area contributed by atoms with Gasteiger partial charge in [0.05, 0.1) is 0 Å². The van der Waals surface area contributed by atoms with Crippen LogP contribution in [0.15, 0.2) is 60.8 Å². The highest BCUT2D eigenvalue weighted by Crippen LogP contribution is 2.34. The summed E-state index contributed by atoms with van der Waals surface area (Å²) < 4.78 is 10.7. The molecule has 23 heavy (non-hydrogen) atoms. The van der Waals surface area contributed by atoms with Crippen molar-refractivity contribution >= 4 is 23.1 Å². The highest BCUT2D eigenvalue weighted by Gasteiger charge is 2.13. The number of nitrogens with zero attached hydrogens (tertiary/aromatic N) is 2. The lowest BCUT2D eigenvalue weighted by Gasteiger charge is -2.09. The molecule has 6 heteroatoms. The van der Waals surface area contributed by atoms with E-state index < -0.39 is 0 Å². The van der Waals surface area contributed by atoms with Gasteiger partial charge < -0.3 is 20.1 Å². The van der Waals surface area contributed by atoms with Gasteiger partial charge in [-0.15, -0.1) is 0 Å². The zero-order chi connectivity index (χ0) is 15.5. The van der Waals surface area contributed by atoms with Crippen molar-refractivity contribution in [2.24, 2.45) is 0 Å². The molecule has 2 heterocycles. The van der Waals surface area contributed by atoms with Crippen molar-refractivity contribution in [2.75, 3.05) is 17.4 Å². The number of benzene rings is 2. The van der Waals surface area contributed by atoms with E-state index in [9.17, 15) is 0 Å². The van der Waals surface area contributed by atoms with E-state index in [1.807, 2.05) is 48.5 Å². The van der Waals surface area contributed by atoms with Crippen molar-refractivity contribution in [3.8, 4) is 11.5 Å². The number of nitrogens with one attached hydrogen (secondary N) is 2. The molecule has 0 saturated heterocycles. The second-order valence-corrected chi connectivity index (χ2v) is 4.95. The number of hydrogen-bond donors (Lipinski definition) is 2. The number of rotatable bonds is 4. The summed E-state index contributed by atoms with van der Waals surface area (Å²) in [5, 5.41) is 6.40. The first-order valence-electron chi connectivity index (χ1n) is 7.19. The highest BCUT2D eigenvalue weighted by atomic mass is 16.7. The third-order valence-electron chi connectivity index (χ3n) is 3.33. The number of ether oxygens (including phenoxy) is 2. The Morgan fingerprint density at radius 3 is 2.61 bits per heavy atom. The summed E-state index contributed by atoms with van der Waals surface area (Å²) in [4.78, 5) is 8.68. The fraction of sp³-hybridized carbons (Fsp3) is 0.0588. The lowest BCUT2D eigenvalue weighted by atomic mass is 10.3. The van der Waals surface area contributed by atoms with Gasteiger partial charge in [-0.25, -0.2) is 4.98 Å². The first kappa shape index (κ1) is 13.4. The number of para-hydroxylation sites is 1. The Kier molecular flexibility index (Phi) is 3.40. The standard InChI is InChI=1S/C17H14N4O2/c1-2-4-12(5-3-1)20-17-18-9-8-16(21-17)19-13-6-7-14-15(10-13)23-11-22-14/h1-10H,11H2,(H2,18,19,20,21). The summed E-state index contributed by atoms with van der Waals surface area (Å²) >= 11 is 0. The van der Waals surface area contributed by atoms with Gasteiger partial charge in [0.1, 0.15) is 5.82 Å². The van der Waals surface area contributed by atoms with Gasteiger partial charge in [-0.3, -0.25) is 0 Å². The molecule has 0 spiro atoms. The third-order valence-corrected chi connectivity index (χ3v) is 3.33. The van der Waals surface area contributed by atoms with E-state index in [0.717, 1.165) is 22.9 Å². The first-order valence-corrected chi connectivity index (χ1v) is 7.19. The van der Waals surface area contributed by atoms with E-state index in [2.05, 4.69) is 20.6 Å². The molecule has 4 rings (SSSR count). The molecule has 0 fully saturated rings. The molecule has 0 unspecified atom stereocenters. The average Bonchev–Trinajstić information content (AvgIpc) is 3.04. The zero-order valence-corrected chi connectivity index (χ0v) is 12.2. The molecule has 6 nitrogen and oxygen atoms in total. The van der Waals surface area contributed by atoms with Crippen molar-refractivity contribution in [2.45, 2.75) is 0 Å². The van der Waals surface area contributed by atoms with Gasteiger partial charge in [0.15, 0.2) is 11.5 Å². The van der Waals surface area contributed by atoms with E-state index in [0.29, 0.717) is 11.8 Å². The lowest BCUT2D eigenvalue weighted by molar-refractivity contribution is 0.174. The van der Waals surface area contributed by atoms with Crippen LogP contribution in [0.1, 0.15) is 0 Å². The molecule has 114 valence electrons. The molecule has 0 bridgehead atoms. The number of hydrogen-bond acceptors (Lipinski definition) is 6. The monoisotopic (exact) mass is 306 g/mol. The third kappa shape index (κ3) is 3.01. The minimum atomic E-state index is 0.261. The van der Waals surface area contributed by atoms with E-state index in [1.165, 1.54) is 0 Å². The first-order chi connectivity index (χ1) is 11.4. The molecular formula is C17H14N4O2. The van der Waals surface area contributed by atoms with Gasteiger partial charge in [-0.1, -0.05) is 18.2 Å². The molecule has 0 atom stereocenters. The number of anilines is 4. The molecule has 0 radical (unpaired) electrons. The van der Waals surface area contributed by atoms with Crippen LogP contribution in [-0.2, 0) is 0 Å². The van der Waals surface area contributed by atoms with Crippen LogP contribution in [0.3, 0.4) is 0 Å². The van der Waals surface area contributed by atoms with Crippen LogP contribution >= 0.6 is 0 Å². The average molecular weight is 306 g/mol. The molecule has 1 aliphatic rings. The Hall–Kier alpha value is -3.28. The zero-order valence-electron chi connectivity index (χ0n) is 12.2. The smallest absolute Gasteiger partial charge is 0.231 e. The molecule has 3 aromatic rings. The predicted molar refractivity (Wildman–Crippen MR) is 87.6 cm³/mol. The minimum absolute atomic E-state index is 0.261. The summed E-state index contributed by atoms with van der Waals surface area (Å²) in [6.07, 6.45) is 1.70. The van der Waals surface area contributed by atoms with Gasteiger partial charge >= 0.3 is 0 Å². The summed E-state index contributed by atoms with van der Waals surface area (Å²) in [5.74, 6) is 2.70. The summed E-state index contributed by atoms with van der Waals surface area (Å²) in [5.41, 5.74) is 1.81. The van der Waals surface area contributed by atoms with Gasteiger partial charge in [0.2, 0.25) is 12.7 Å². The quantitative estimate of drug-likeness (QED) is 0.766. The van der Waals surface area contributed by atoms with Crippen LogP contribution in [0.5, 0.6) is 11.5 Å². The van der Waals surface area contributed by atoms with Crippen molar-refractivity contribution in [1.29, 1.82) is 0 Å². The SMILES string of the molecule is c1ccc(Nc2nccc(Nc3ccc4c(c3)OCO4)n2)cc1. The van der Waals surface area contributed by atoms with Gasteiger partial charge in [-0.2, -0.15) is 4.98 Å². The molecule has 1 aliphatic heterocycles. The Bertz CT molecular complexity index is 824. The Labute approximate surface area is 133 Å². The maximum absolute atomic E-state index is 5.37. The molecule has 0 aliphatic carbocycles. The highest BCUT2D eigenvalue weighted by molar-refractivity contribution is 5.63. The normalized spacial score (nSPS) is 12.0. The molecule has 2 N–H and O–H groups in total. The second-order valence-electron chi connectivity index (χ2n) is 4.95. The van der Waals surface area contributed by atoms with E-state index in [1.54, 1.807) is 12.3 Å².